The summed E-state index contributed by atoms with van der Waals surface area (Å²) in [6.07, 6.45) is 5.72. The molecule has 0 radical (unpaired) electrons. The normalized spacial score (nSPS) is 14.1. The SMILES string of the molecule is CN1Cc2cc(-c3ccn4ccnc4c3)ccc2C1=O. The monoisotopic (exact) mass is 263 g/mol. The highest BCUT2D eigenvalue weighted by Gasteiger charge is 2.24. The first-order valence-electron chi connectivity index (χ1n) is 6.54. The Hall–Kier alpha value is -2.62. The molecule has 4 heteroatoms. The van der Waals surface area contributed by atoms with Crippen molar-refractivity contribution in [2.45, 2.75) is 6.54 Å². The van der Waals surface area contributed by atoms with Crippen LogP contribution in [0.4, 0.5) is 0 Å². The summed E-state index contributed by atoms with van der Waals surface area (Å²) in [6.45, 7) is 0.688. The van der Waals surface area contributed by atoms with Gasteiger partial charge in [-0.3, -0.25) is 4.79 Å². The molecule has 0 aliphatic carbocycles. The third-order valence-electron chi connectivity index (χ3n) is 3.82. The van der Waals surface area contributed by atoms with Crippen molar-refractivity contribution in [3.63, 3.8) is 0 Å². The fraction of sp³-hybridized carbons (Fsp3) is 0.125. The first-order chi connectivity index (χ1) is 9.72. The molecule has 4 nitrogen and oxygen atoms in total. The van der Waals surface area contributed by atoms with E-state index in [4.69, 9.17) is 0 Å². The molecule has 1 aliphatic rings. The second-order valence-electron chi connectivity index (χ2n) is 5.14. The van der Waals surface area contributed by atoms with E-state index in [0.717, 1.165) is 27.9 Å². The highest BCUT2D eigenvalue weighted by atomic mass is 16.2. The van der Waals surface area contributed by atoms with Crippen molar-refractivity contribution in [3.8, 4) is 11.1 Å². The number of amides is 1. The van der Waals surface area contributed by atoms with Crippen LogP contribution in [0.15, 0.2) is 48.9 Å². The molecule has 1 amide bonds. The summed E-state index contributed by atoms with van der Waals surface area (Å²) in [6, 6.07) is 10.2. The number of hydrogen-bond acceptors (Lipinski definition) is 2. The van der Waals surface area contributed by atoms with E-state index in [2.05, 4.69) is 23.2 Å². The minimum Gasteiger partial charge on any atom is -0.337 e. The van der Waals surface area contributed by atoms with Gasteiger partial charge in [-0.2, -0.15) is 0 Å². The van der Waals surface area contributed by atoms with E-state index in [1.54, 1.807) is 11.1 Å². The van der Waals surface area contributed by atoms with E-state index in [1.165, 1.54) is 0 Å². The zero-order chi connectivity index (χ0) is 13.7. The van der Waals surface area contributed by atoms with Gasteiger partial charge in [0.1, 0.15) is 5.65 Å². The summed E-state index contributed by atoms with van der Waals surface area (Å²) in [7, 11) is 1.83. The molecule has 20 heavy (non-hydrogen) atoms. The number of nitrogens with zero attached hydrogens (tertiary/aromatic N) is 3. The summed E-state index contributed by atoms with van der Waals surface area (Å²) >= 11 is 0. The molecule has 0 saturated heterocycles. The maximum absolute atomic E-state index is 11.9. The zero-order valence-electron chi connectivity index (χ0n) is 11.1. The minimum atomic E-state index is 0.107. The summed E-state index contributed by atoms with van der Waals surface area (Å²) in [5.74, 6) is 0.107. The zero-order valence-corrected chi connectivity index (χ0v) is 11.1. The largest absolute Gasteiger partial charge is 0.337 e. The average Bonchev–Trinajstić information content (AvgIpc) is 3.03. The lowest BCUT2D eigenvalue weighted by Gasteiger charge is -2.05. The van der Waals surface area contributed by atoms with Gasteiger partial charge in [0, 0.05) is 37.7 Å². The van der Waals surface area contributed by atoms with E-state index in [1.807, 2.05) is 36.0 Å². The minimum absolute atomic E-state index is 0.107. The molecule has 3 heterocycles. The third kappa shape index (κ3) is 1.54. The molecule has 0 atom stereocenters. The van der Waals surface area contributed by atoms with Crippen LogP contribution in [0.25, 0.3) is 16.8 Å². The maximum Gasteiger partial charge on any atom is 0.254 e. The lowest BCUT2D eigenvalue weighted by atomic mass is 10.0. The van der Waals surface area contributed by atoms with Gasteiger partial charge in [-0.1, -0.05) is 6.07 Å². The third-order valence-corrected chi connectivity index (χ3v) is 3.82. The Morgan fingerprint density at radius 3 is 2.85 bits per heavy atom. The summed E-state index contributed by atoms with van der Waals surface area (Å²) < 4.78 is 1.98. The van der Waals surface area contributed by atoms with Gasteiger partial charge in [-0.25, -0.2) is 4.98 Å². The molecule has 1 aliphatic heterocycles. The lowest BCUT2D eigenvalue weighted by Crippen LogP contribution is -2.17. The number of pyridine rings is 1. The van der Waals surface area contributed by atoms with Crippen molar-refractivity contribution in [3.05, 3.63) is 60.0 Å². The van der Waals surface area contributed by atoms with Crippen molar-refractivity contribution in [2.24, 2.45) is 0 Å². The van der Waals surface area contributed by atoms with Crippen LogP contribution in [0, 0.1) is 0 Å². The standard InChI is InChI=1S/C16H13N3O/c1-18-10-13-8-11(2-3-14(13)16(18)20)12-4-6-19-7-5-17-15(19)9-12/h2-9H,10H2,1H3. The molecule has 2 aromatic heterocycles. The number of imidazole rings is 1. The molecule has 98 valence electrons. The Kier molecular flexibility index (Phi) is 2.21. The smallest absolute Gasteiger partial charge is 0.254 e. The Bertz CT molecular complexity index is 835. The van der Waals surface area contributed by atoms with Crippen LogP contribution in [-0.2, 0) is 6.54 Å². The molecule has 0 saturated carbocycles. The van der Waals surface area contributed by atoms with E-state index < -0.39 is 0 Å². The van der Waals surface area contributed by atoms with E-state index in [-0.39, 0.29) is 5.91 Å². The van der Waals surface area contributed by atoms with Crippen LogP contribution in [0.1, 0.15) is 15.9 Å². The lowest BCUT2D eigenvalue weighted by molar-refractivity contribution is 0.0816. The summed E-state index contributed by atoms with van der Waals surface area (Å²) in [5, 5.41) is 0. The van der Waals surface area contributed by atoms with Crippen molar-refractivity contribution < 1.29 is 4.79 Å². The second kappa shape index (κ2) is 3.93. The summed E-state index contributed by atoms with van der Waals surface area (Å²) in [5.41, 5.74) is 5.08. The fourth-order valence-electron chi connectivity index (χ4n) is 2.74. The van der Waals surface area contributed by atoms with Gasteiger partial charge in [0.05, 0.1) is 0 Å². The van der Waals surface area contributed by atoms with Gasteiger partial charge >= 0.3 is 0 Å². The van der Waals surface area contributed by atoms with Gasteiger partial charge in [-0.15, -0.1) is 0 Å². The Morgan fingerprint density at radius 2 is 1.95 bits per heavy atom. The van der Waals surface area contributed by atoms with Gasteiger partial charge in [0.25, 0.3) is 5.91 Å². The van der Waals surface area contributed by atoms with Crippen LogP contribution in [0.2, 0.25) is 0 Å². The fourth-order valence-corrected chi connectivity index (χ4v) is 2.74. The Morgan fingerprint density at radius 1 is 1.10 bits per heavy atom. The molecule has 4 rings (SSSR count). The molecule has 1 aromatic carbocycles. The Balaban J connectivity index is 1.83. The average molecular weight is 263 g/mol. The Labute approximate surface area is 116 Å². The number of carbonyl (C=O) groups excluding carboxylic acids is 1. The first-order valence-corrected chi connectivity index (χ1v) is 6.54. The molecule has 3 aromatic rings. The van der Waals surface area contributed by atoms with E-state index in [9.17, 15) is 4.79 Å². The van der Waals surface area contributed by atoms with Crippen molar-refractivity contribution in [1.29, 1.82) is 0 Å². The van der Waals surface area contributed by atoms with Crippen LogP contribution >= 0.6 is 0 Å². The highest BCUT2D eigenvalue weighted by molar-refractivity contribution is 5.98. The predicted octanol–water partition coefficient (Wildman–Crippen LogP) is 2.59. The number of aromatic nitrogens is 2. The second-order valence-corrected chi connectivity index (χ2v) is 5.14. The number of rotatable bonds is 1. The van der Waals surface area contributed by atoms with Gasteiger partial charge in [-0.05, 0) is 41.0 Å². The number of benzene rings is 1. The van der Waals surface area contributed by atoms with Gasteiger partial charge < -0.3 is 9.30 Å². The van der Waals surface area contributed by atoms with Crippen molar-refractivity contribution >= 4 is 11.6 Å². The van der Waals surface area contributed by atoms with Crippen LogP contribution in [-0.4, -0.2) is 27.2 Å². The molecule has 0 N–H and O–H groups in total. The quantitative estimate of drug-likeness (QED) is 0.676. The number of fused-ring (bicyclic) bond motifs is 2. The van der Waals surface area contributed by atoms with Crippen LogP contribution in [0.3, 0.4) is 0 Å². The maximum atomic E-state index is 11.9. The topological polar surface area (TPSA) is 37.6 Å². The van der Waals surface area contributed by atoms with E-state index in [0.29, 0.717) is 6.54 Å². The molecule has 0 fully saturated rings. The molecular weight excluding hydrogens is 250 g/mol. The van der Waals surface area contributed by atoms with Crippen LogP contribution < -0.4 is 0 Å². The van der Waals surface area contributed by atoms with Crippen LogP contribution in [0.5, 0.6) is 0 Å². The van der Waals surface area contributed by atoms with Crippen molar-refractivity contribution in [2.75, 3.05) is 7.05 Å². The number of hydrogen-bond donors (Lipinski definition) is 0. The molecular formula is C16H13N3O. The summed E-state index contributed by atoms with van der Waals surface area (Å²) in [4.78, 5) is 17.9. The molecule has 0 bridgehead atoms. The molecule has 0 unspecified atom stereocenters. The van der Waals surface area contributed by atoms with Crippen molar-refractivity contribution in [1.82, 2.24) is 14.3 Å². The number of carbonyl (C=O) groups is 1. The predicted molar refractivity (Wildman–Crippen MR) is 76.4 cm³/mol. The van der Waals surface area contributed by atoms with Gasteiger partial charge in [0.2, 0.25) is 0 Å². The first kappa shape index (κ1) is 11.2. The highest BCUT2D eigenvalue weighted by Crippen LogP contribution is 2.28. The molecule has 0 spiro atoms. The van der Waals surface area contributed by atoms with E-state index >= 15 is 0 Å². The van der Waals surface area contributed by atoms with Gasteiger partial charge in [0.15, 0.2) is 0 Å².